The minimum Gasteiger partial charge on any atom is -0.378 e. The Morgan fingerprint density at radius 2 is 1.95 bits per heavy atom. The van der Waals surface area contributed by atoms with Crippen molar-refractivity contribution in [1.82, 2.24) is 9.78 Å². The fourth-order valence-corrected chi connectivity index (χ4v) is 1.90. The van der Waals surface area contributed by atoms with Gasteiger partial charge in [-0.15, -0.1) is 0 Å². The molecule has 0 spiro atoms. The SMILES string of the molecule is COCc1c(C(=O)Cl)cnn1-c1c(F)cc(F)cc1F. The summed E-state index contributed by atoms with van der Waals surface area (Å²) in [6.45, 7) is -0.149. The summed E-state index contributed by atoms with van der Waals surface area (Å²) in [5.41, 5.74) is -0.587. The van der Waals surface area contributed by atoms with Crippen LogP contribution in [-0.4, -0.2) is 22.1 Å². The number of rotatable bonds is 4. The Morgan fingerprint density at radius 1 is 1.35 bits per heavy atom. The molecule has 0 aliphatic heterocycles. The summed E-state index contributed by atoms with van der Waals surface area (Å²) in [6, 6.07) is 1.03. The van der Waals surface area contributed by atoms with Crippen LogP contribution in [0.4, 0.5) is 13.2 Å². The largest absolute Gasteiger partial charge is 0.378 e. The van der Waals surface area contributed by atoms with E-state index in [0.717, 1.165) is 10.9 Å². The first-order chi connectivity index (χ1) is 9.45. The number of ether oxygens (including phenoxy) is 1. The summed E-state index contributed by atoms with van der Waals surface area (Å²) in [6.07, 6.45) is 1.06. The summed E-state index contributed by atoms with van der Waals surface area (Å²) < 4.78 is 46.0. The molecule has 2 rings (SSSR count). The van der Waals surface area contributed by atoms with Crippen molar-refractivity contribution in [3.63, 3.8) is 0 Å². The molecule has 0 atom stereocenters. The van der Waals surface area contributed by atoms with Gasteiger partial charge in [0.1, 0.15) is 11.5 Å². The Labute approximate surface area is 116 Å². The van der Waals surface area contributed by atoms with E-state index in [2.05, 4.69) is 5.10 Å². The van der Waals surface area contributed by atoms with Gasteiger partial charge in [0.15, 0.2) is 11.6 Å². The average molecular weight is 305 g/mol. The predicted molar refractivity (Wildman–Crippen MR) is 64.3 cm³/mol. The minimum absolute atomic E-state index is 0.0448. The van der Waals surface area contributed by atoms with Crippen molar-refractivity contribution in [2.45, 2.75) is 6.61 Å². The Morgan fingerprint density at radius 3 is 2.45 bits per heavy atom. The fourth-order valence-electron chi connectivity index (χ4n) is 1.74. The Kier molecular flexibility index (Phi) is 4.10. The molecule has 0 radical (unpaired) electrons. The first-order valence-electron chi connectivity index (χ1n) is 5.36. The van der Waals surface area contributed by atoms with Crippen molar-refractivity contribution >= 4 is 16.8 Å². The lowest BCUT2D eigenvalue weighted by Crippen LogP contribution is -2.10. The van der Waals surface area contributed by atoms with Gasteiger partial charge in [0, 0.05) is 19.2 Å². The van der Waals surface area contributed by atoms with E-state index in [9.17, 15) is 18.0 Å². The standard InChI is InChI=1S/C12H8ClF3N2O2/c1-20-5-10-7(12(13)19)4-17-18(10)11-8(15)2-6(14)3-9(11)16/h2-4H,5H2,1H3. The number of hydrogen-bond donors (Lipinski definition) is 0. The summed E-state index contributed by atoms with van der Waals surface area (Å²) >= 11 is 5.35. The maximum absolute atomic E-state index is 13.7. The van der Waals surface area contributed by atoms with Gasteiger partial charge in [0.05, 0.1) is 24.1 Å². The number of halogens is 4. The predicted octanol–water partition coefficient (Wildman–Crippen LogP) is 2.82. The van der Waals surface area contributed by atoms with E-state index in [-0.39, 0.29) is 17.9 Å². The average Bonchev–Trinajstić information content (AvgIpc) is 2.72. The number of carbonyl (C=O) groups is 1. The van der Waals surface area contributed by atoms with Gasteiger partial charge in [-0.2, -0.15) is 5.10 Å². The molecular formula is C12H8ClF3N2O2. The lowest BCUT2D eigenvalue weighted by Gasteiger charge is -2.10. The van der Waals surface area contributed by atoms with Crippen LogP contribution in [-0.2, 0) is 11.3 Å². The molecule has 0 fully saturated rings. The maximum atomic E-state index is 13.7. The second-order valence-corrected chi connectivity index (χ2v) is 4.18. The summed E-state index contributed by atoms with van der Waals surface area (Å²) in [4.78, 5) is 11.2. The van der Waals surface area contributed by atoms with Crippen LogP contribution in [0.1, 0.15) is 16.1 Å². The molecule has 1 aromatic heterocycles. The van der Waals surface area contributed by atoms with Crippen molar-refractivity contribution in [3.8, 4) is 5.69 Å². The lowest BCUT2D eigenvalue weighted by atomic mass is 10.2. The van der Waals surface area contributed by atoms with Crippen molar-refractivity contribution in [2.75, 3.05) is 7.11 Å². The van der Waals surface area contributed by atoms with E-state index in [4.69, 9.17) is 16.3 Å². The van der Waals surface area contributed by atoms with E-state index < -0.39 is 28.4 Å². The van der Waals surface area contributed by atoms with E-state index >= 15 is 0 Å². The molecule has 106 valence electrons. The molecule has 0 aliphatic carbocycles. The van der Waals surface area contributed by atoms with Crippen molar-refractivity contribution in [3.05, 3.63) is 47.0 Å². The van der Waals surface area contributed by atoms with E-state index in [1.165, 1.54) is 7.11 Å². The number of methoxy groups -OCH3 is 1. The van der Waals surface area contributed by atoms with Crippen LogP contribution in [0.15, 0.2) is 18.3 Å². The van der Waals surface area contributed by atoms with Gasteiger partial charge >= 0.3 is 0 Å². The van der Waals surface area contributed by atoms with Gasteiger partial charge in [-0.3, -0.25) is 4.79 Å². The zero-order valence-electron chi connectivity index (χ0n) is 10.2. The molecule has 0 saturated heterocycles. The molecular weight excluding hydrogens is 297 g/mol. The van der Waals surface area contributed by atoms with E-state index in [1.54, 1.807) is 0 Å². The van der Waals surface area contributed by atoms with Gasteiger partial charge in [-0.05, 0) is 11.6 Å². The number of aromatic nitrogens is 2. The molecule has 8 heteroatoms. The third kappa shape index (κ3) is 2.54. The molecule has 0 saturated carbocycles. The highest BCUT2D eigenvalue weighted by Gasteiger charge is 2.22. The maximum Gasteiger partial charge on any atom is 0.255 e. The zero-order valence-corrected chi connectivity index (χ0v) is 10.9. The van der Waals surface area contributed by atoms with E-state index in [0.29, 0.717) is 12.1 Å². The Bertz CT molecular complexity index is 650. The first-order valence-corrected chi connectivity index (χ1v) is 5.74. The third-order valence-electron chi connectivity index (χ3n) is 2.56. The molecule has 20 heavy (non-hydrogen) atoms. The van der Waals surface area contributed by atoms with Crippen molar-refractivity contribution in [1.29, 1.82) is 0 Å². The smallest absolute Gasteiger partial charge is 0.255 e. The van der Waals surface area contributed by atoms with Gasteiger partial charge < -0.3 is 4.74 Å². The van der Waals surface area contributed by atoms with Crippen LogP contribution in [0.25, 0.3) is 5.69 Å². The van der Waals surface area contributed by atoms with Crippen LogP contribution in [0.5, 0.6) is 0 Å². The summed E-state index contributed by atoms with van der Waals surface area (Å²) in [5, 5.41) is 2.87. The van der Waals surface area contributed by atoms with Crippen LogP contribution < -0.4 is 0 Å². The summed E-state index contributed by atoms with van der Waals surface area (Å²) in [7, 11) is 1.33. The topological polar surface area (TPSA) is 44.1 Å². The number of carbonyl (C=O) groups excluding carboxylic acids is 1. The first kappa shape index (κ1) is 14.5. The van der Waals surface area contributed by atoms with Crippen LogP contribution in [0, 0.1) is 17.5 Å². The molecule has 2 aromatic rings. The summed E-state index contributed by atoms with van der Waals surface area (Å²) in [5.74, 6) is -3.37. The fraction of sp³-hybridized carbons (Fsp3) is 0.167. The minimum atomic E-state index is -1.16. The van der Waals surface area contributed by atoms with Gasteiger partial charge in [-0.25, -0.2) is 17.9 Å². The second-order valence-electron chi connectivity index (χ2n) is 3.84. The van der Waals surface area contributed by atoms with Crippen LogP contribution in [0.3, 0.4) is 0 Å². The quantitative estimate of drug-likeness (QED) is 0.816. The third-order valence-corrected chi connectivity index (χ3v) is 2.76. The zero-order chi connectivity index (χ0) is 14.9. The van der Waals surface area contributed by atoms with E-state index in [1.807, 2.05) is 0 Å². The molecule has 4 nitrogen and oxygen atoms in total. The highest BCUT2D eigenvalue weighted by Crippen LogP contribution is 2.23. The molecule has 0 amide bonds. The highest BCUT2D eigenvalue weighted by atomic mass is 35.5. The lowest BCUT2D eigenvalue weighted by molar-refractivity contribution is 0.107. The monoisotopic (exact) mass is 304 g/mol. The Balaban J connectivity index is 2.67. The number of benzene rings is 1. The normalized spacial score (nSPS) is 10.8. The van der Waals surface area contributed by atoms with Crippen LogP contribution in [0.2, 0.25) is 0 Å². The van der Waals surface area contributed by atoms with Crippen molar-refractivity contribution in [2.24, 2.45) is 0 Å². The number of hydrogen-bond acceptors (Lipinski definition) is 3. The van der Waals surface area contributed by atoms with Crippen LogP contribution >= 0.6 is 11.6 Å². The molecule has 0 unspecified atom stereocenters. The second kappa shape index (κ2) is 5.64. The molecule has 0 N–H and O–H groups in total. The number of nitrogens with zero attached hydrogens (tertiary/aromatic N) is 2. The molecule has 1 aromatic carbocycles. The Hall–Kier alpha value is -1.86. The molecule has 0 aliphatic rings. The molecule has 1 heterocycles. The van der Waals surface area contributed by atoms with Gasteiger partial charge in [0.2, 0.25) is 0 Å². The van der Waals surface area contributed by atoms with Gasteiger partial charge in [0.25, 0.3) is 5.24 Å². The highest BCUT2D eigenvalue weighted by molar-refractivity contribution is 6.67. The molecule has 0 bridgehead atoms. The van der Waals surface area contributed by atoms with Crippen molar-refractivity contribution < 1.29 is 22.7 Å². The van der Waals surface area contributed by atoms with Gasteiger partial charge in [-0.1, -0.05) is 0 Å².